The van der Waals surface area contributed by atoms with E-state index in [0.717, 1.165) is 51.4 Å². The number of nitrogens with one attached hydrogen (secondary N) is 2. The van der Waals surface area contributed by atoms with Crippen molar-refractivity contribution in [3.63, 3.8) is 0 Å². The van der Waals surface area contributed by atoms with Gasteiger partial charge in [0.05, 0.1) is 6.10 Å². The van der Waals surface area contributed by atoms with E-state index in [1.54, 1.807) is 0 Å². The largest absolute Gasteiger partial charge is 0.393 e. The van der Waals surface area contributed by atoms with Crippen molar-refractivity contribution in [1.29, 1.82) is 0 Å². The summed E-state index contributed by atoms with van der Waals surface area (Å²) in [7, 11) is 0. The van der Waals surface area contributed by atoms with Crippen LogP contribution in [0.2, 0.25) is 0 Å². The van der Waals surface area contributed by atoms with Gasteiger partial charge in [0.1, 0.15) is 0 Å². The van der Waals surface area contributed by atoms with Gasteiger partial charge in [-0.1, -0.05) is 13.3 Å². The molecule has 1 aliphatic carbocycles. The number of hydrogen-bond acceptors (Lipinski definition) is 3. The van der Waals surface area contributed by atoms with Gasteiger partial charge in [0.25, 0.3) is 0 Å². The van der Waals surface area contributed by atoms with Crippen LogP contribution in [0.3, 0.4) is 0 Å². The predicted octanol–water partition coefficient (Wildman–Crippen LogP) is 2.05. The SMILES string of the molecule is CCNC(=NCC1CCCC1O)NC1CN(C(C)C)CC1C.I. The lowest BCUT2D eigenvalue weighted by Gasteiger charge is -2.22. The Labute approximate surface area is 158 Å². The summed E-state index contributed by atoms with van der Waals surface area (Å²) < 4.78 is 0. The first-order valence-electron chi connectivity index (χ1n) is 8.98. The van der Waals surface area contributed by atoms with Crippen LogP contribution in [0.5, 0.6) is 0 Å². The normalized spacial score (nSPS) is 32.2. The Morgan fingerprint density at radius 2 is 2.04 bits per heavy atom. The summed E-state index contributed by atoms with van der Waals surface area (Å²) in [5.41, 5.74) is 0. The molecule has 0 radical (unpaired) electrons. The first kappa shape index (κ1) is 21.0. The summed E-state index contributed by atoms with van der Waals surface area (Å²) in [6.45, 7) is 12.8. The third kappa shape index (κ3) is 6.05. The lowest BCUT2D eigenvalue weighted by atomic mass is 10.1. The molecule has 0 amide bonds. The number of guanidine groups is 1. The molecule has 0 aromatic carbocycles. The van der Waals surface area contributed by atoms with E-state index in [-0.39, 0.29) is 30.1 Å². The van der Waals surface area contributed by atoms with Gasteiger partial charge < -0.3 is 15.7 Å². The lowest BCUT2D eigenvalue weighted by molar-refractivity contribution is 0.136. The number of likely N-dealkylation sites (tertiary alicyclic amines) is 1. The average molecular weight is 438 g/mol. The Bertz CT molecular complexity index is 378. The quantitative estimate of drug-likeness (QED) is 0.350. The molecular weight excluding hydrogens is 403 g/mol. The molecule has 1 aliphatic heterocycles. The summed E-state index contributed by atoms with van der Waals surface area (Å²) in [5, 5.41) is 16.9. The molecule has 6 heteroatoms. The van der Waals surface area contributed by atoms with Gasteiger partial charge in [0.15, 0.2) is 5.96 Å². The van der Waals surface area contributed by atoms with Crippen molar-refractivity contribution in [2.45, 2.75) is 65.1 Å². The van der Waals surface area contributed by atoms with Crippen LogP contribution in [0.15, 0.2) is 4.99 Å². The molecule has 5 nitrogen and oxygen atoms in total. The molecule has 1 saturated carbocycles. The molecule has 0 spiro atoms. The fourth-order valence-corrected chi connectivity index (χ4v) is 3.55. The molecule has 3 N–H and O–H groups in total. The average Bonchev–Trinajstić information content (AvgIpc) is 3.03. The molecule has 0 aromatic heterocycles. The molecule has 2 fully saturated rings. The monoisotopic (exact) mass is 438 g/mol. The Balaban J connectivity index is 0.00000264. The fourth-order valence-electron chi connectivity index (χ4n) is 3.55. The van der Waals surface area contributed by atoms with Crippen LogP contribution in [0.4, 0.5) is 0 Å². The van der Waals surface area contributed by atoms with Crippen LogP contribution in [-0.4, -0.2) is 60.3 Å². The van der Waals surface area contributed by atoms with Gasteiger partial charge in [-0.05, 0) is 39.5 Å². The van der Waals surface area contributed by atoms with Crippen molar-refractivity contribution in [2.24, 2.45) is 16.8 Å². The van der Waals surface area contributed by atoms with E-state index in [0.29, 0.717) is 23.9 Å². The Morgan fingerprint density at radius 3 is 2.57 bits per heavy atom. The summed E-state index contributed by atoms with van der Waals surface area (Å²) >= 11 is 0. The molecular formula is C17H35IN4O. The maximum Gasteiger partial charge on any atom is 0.191 e. The van der Waals surface area contributed by atoms with Crippen LogP contribution in [-0.2, 0) is 0 Å². The van der Waals surface area contributed by atoms with Gasteiger partial charge in [-0.25, -0.2) is 0 Å². The maximum absolute atomic E-state index is 9.94. The molecule has 4 atom stereocenters. The van der Waals surface area contributed by atoms with Crippen LogP contribution in [0.1, 0.15) is 47.0 Å². The van der Waals surface area contributed by atoms with Gasteiger partial charge in [-0.3, -0.25) is 9.89 Å². The molecule has 2 rings (SSSR count). The van der Waals surface area contributed by atoms with Crippen molar-refractivity contribution in [3.8, 4) is 0 Å². The van der Waals surface area contributed by atoms with Crippen molar-refractivity contribution in [1.82, 2.24) is 15.5 Å². The van der Waals surface area contributed by atoms with Crippen LogP contribution < -0.4 is 10.6 Å². The minimum absolute atomic E-state index is 0. The van der Waals surface area contributed by atoms with E-state index in [2.05, 4.69) is 43.2 Å². The molecule has 1 saturated heterocycles. The van der Waals surface area contributed by atoms with Gasteiger partial charge in [0.2, 0.25) is 0 Å². The predicted molar refractivity (Wildman–Crippen MR) is 108 cm³/mol. The minimum Gasteiger partial charge on any atom is -0.393 e. The molecule has 23 heavy (non-hydrogen) atoms. The van der Waals surface area contributed by atoms with E-state index in [1.165, 1.54) is 0 Å². The number of rotatable bonds is 5. The summed E-state index contributed by atoms with van der Waals surface area (Å²) in [6, 6.07) is 1.05. The summed E-state index contributed by atoms with van der Waals surface area (Å²) in [5.74, 6) is 1.87. The zero-order valence-corrected chi connectivity index (χ0v) is 17.4. The zero-order chi connectivity index (χ0) is 16.1. The third-order valence-electron chi connectivity index (χ3n) is 5.14. The van der Waals surface area contributed by atoms with Gasteiger partial charge in [-0.15, -0.1) is 24.0 Å². The number of aliphatic hydroxyl groups is 1. The van der Waals surface area contributed by atoms with Gasteiger partial charge in [0, 0.05) is 44.2 Å². The topological polar surface area (TPSA) is 59.9 Å². The molecule has 136 valence electrons. The third-order valence-corrected chi connectivity index (χ3v) is 5.14. The summed E-state index contributed by atoms with van der Waals surface area (Å²) in [4.78, 5) is 7.25. The zero-order valence-electron chi connectivity index (χ0n) is 15.1. The number of nitrogens with zero attached hydrogens (tertiary/aromatic N) is 2. The summed E-state index contributed by atoms with van der Waals surface area (Å²) in [6.07, 6.45) is 3.01. The second-order valence-corrected chi connectivity index (χ2v) is 7.25. The Hall–Kier alpha value is -0.0800. The molecule has 1 heterocycles. The van der Waals surface area contributed by atoms with Gasteiger partial charge in [-0.2, -0.15) is 0 Å². The van der Waals surface area contributed by atoms with E-state index >= 15 is 0 Å². The minimum atomic E-state index is -0.159. The van der Waals surface area contributed by atoms with Crippen molar-refractivity contribution < 1.29 is 5.11 Å². The number of aliphatic imine (C=N–C) groups is 1. The van der Waals surface area contributed by atoms with Crippen molar-refractivity contribution >= 4 is 29.9 Å². The first-order valence-corrected chi connectivity index (χ1v) is 8.98. The fraction of sp³-hybridized carbons (Fsp3) is 0.941. The van der Waals surface area contributed by atoms with E-state index in [4.69, 9.17) is 4.99 Å². The van der Waals surface area contributed by atoms with Crippen molar-refractivity contribution in [3.05, 3.63) is 0 Å². The number of halogens is 1. The highest BCUT2D eigenvalue weighted by Crippen LogP contribution is 2.25. The molecule has 4 unspecified atom stereocenters. The second-order valence-electron chi connectivity index (χ2n) is 7.25. The number of aliphatic hydroxyl groups excluding tert-OH is 1. The number of hydrogen-bond donors (Lipinski definition) is 3. The first-order chi connectivity index (χ1) is 10.5. The smallest absolute Gasteiger partial charge is 0.191 e. The van der Waals surface area contributed by atoms with Crippen LogP contribution >= 0.6 is 24.0 Å². The molecule has 0 aromatic rings. The highest BCUT2D eigenvalue weighted by atomic mass is 127. The highest BCUT2D eigenvalue weighted by Gasteiger charge is 2.31. The van der Waals surface area contributed by atoms with E-state index in [9.17, 15) is 5.11 Å². The maximum atomic E-state index is 9.94. The van der Waals surface area contributed by atoms with E-state index in [1.807, 2.05) is 0 Å². The van der Waals surface area contributed by atoms with Crippen LogP contribution in [0, 0.1) is 11.8 Å². The van der Waals surface area contributed by atoms with Crippen molar-refractivity contribution in [2.75, 3.05) is 26.2 Å². The second kappa shape index (κ2) is 10.0. The highest BCUT2D eigenvalue weighted by molar-refractivity contribution is 14.0. The Kier molecular flexibility index (Phi) is 9.15. The molecule has 0 bridgehead atoms. The Morgan fingerprint density at radius 1 is 1.30 bits per heavy atom. The lowest BCUT2D eigenvalue weighted by Crippen LogP contribution is -2.47. The van der Waals surface area contributed by atoms with E-state index < -0.39 is 0 Å². The standard InChI is InChI=1S/C17H34N4O.HI/c1-5-18-17(19-9-14-7-6-8-16(14)22)20-15-11-21(12(2)3)10-13(15)4;/h12-16,22H,5-11H2,1-4H3,(H2,18,19,20);1H. The van der Waals surface area contributed by atoms with Crippen LogP contribution in [0.25, 0.3) is 0 Å². The van der Waals surface area contributed by atoms with Gasteiger partial charge >= 0.3 is 0 Å². The molecule has 2 aliphatic rings.